The summed E-state index contributed by atoms with van der Waals surface area (Å²) in [7, 11) is -3.87. The van der Waals surface area contributed by atoms with Gasteiger partial charge in [0.1, 0.15) is 0 Å². The fraction of sp³-hybridized carbons (Fsp3) is 0.440. The van der Waals surface area contributed by atoms with Gasteiger partial charge in [-0.2, -0.15) is 0 Å². The van der Waals surface area contributed by atoms with Gasteiger partial charge in [0.15, 0.2) is 6.61 Å². The zero-order chi connectivity index (χ0) is 23.8. The summed E-state index contributed by atoms with van der Waals surface area (Å²) in [6, 6.07) is 13.0. The molecule has 1 amide bonds. The van der Waals surface area contributed by atoms with Crippen LogP contribution in [0.3, 0.4) is 0 Å². The number of para-hydroxylation sites is 1. The molecular formula is C25H30N2O5S. The molecule has 2 aliphatic heterocycles. The number of hydrogen-bond donors (Lipinski definition) is 0. The third kappa shape index (κ3) is 4.76. The van der Waals surface area contributed by atoms with Crippen LogP contribution in [0.5, 0.6) is 0 Å². The normalized spacial score (nSPS) is 22.7. The summed E-state index contributed by atoms with van der Waals surface area (Å²) in [5, 5.41) is 0. The van der Waals surface area contributed by atoms with Crippen LogP contribution in [-0.4, -0.2) is 50.9 Å². The number of sulfonamides is 1. The Hall–Kier alpha value is -2.87. The fourth-order valence-electron chi connectivity index (χ4n) is 4.97. The van der Waals surface area contributed by atoms with E-state index in [0.29, 0.717) is 37.0 Å². The van der Waals surface area contributed by atoms with Gasteiger partial charge in [-0.3, -0.25) is 9.10 Å². The van der Waals surface area contributed by atoms with Crippen LogP contribution in [0.15, 0.2) is 53.4 Å². The summed E-state index contributed by atoms with van der Waals surface area (Å²) in [5.41, 5.74) is 1.74. The molecule has 176 valence electrons. The van der Waals surface area contributed by atoms with Gasteiger partial charge in [-0.15, -0.1) is 0 Å². The van der Waals surface area contributed by atoms with E-state index in [1.807, 2.05) is 25.1 Å². The van der Waals surface area contributed by atoms with Crippen LogP contribution in [0.2, 0.25) is 0 Å². The van der Waals surface area contributed by atoms with Gasteiger partial charge in [0.25, 0.3) is 15.9 Å². The molecule has 1 fully saturated rings. The first-order valence-electron chi connectivity index (χ1n) is 11.3. The minimum Gasteiger partial charge on any atom is -0.452 e. The van der Waals surface area contributed by atoms with Gasteiger partial charge in [-0.05, 0) is 61.4 Å². The molecule has 2 aromatic rings. The first-order valence-corrected chi connectivity index (χ1v) is 12.8. The van der Waals surface area contributed by atoms with Crippen molar-refractivity contribution in [3.05, 3.63) is 59.7 Å². The number of hydrogen-bond acceptors (Lipinski definition) is 5. The summed E-state index contributed by atoms with van der Waals surface area (Å²) in [5.74, 6) is -0.122. The van der Waals surface area contributed by atoms with Crippen molar-refractivity contribution < 1.29 is 22.7 Å². The Morgan fingerprint density at radius 3 is 2.42 bits per heavy atom. The van der Waals surface area contributed by atoms with E-state index in [9.17, 15) is 18.0 Å². The molecule has 2 aliphatic rings. The van der Waals surface area contributed by atoms with E-state index in [0.717, 1.165) is 12.0 Å². The van der Waals surface area contributed by atoms with Gasteiger partial charge < -0.3 is 9.64 Å². The van der Waals surface area contributed by atoms with E-state index in [2.05, 4.69) is 13.8 Å². The Kier molecular flexibility index (Phi) is 6.47. The van der Waals surface area contributed by atoms with Crippen LogP contribution in [0.4, 0.5) is 5.69 Å². The summed E-state index contributed by atoms with van der Waals surface area (Å²) in [6.45, 7) is 7.03. The molecule has 0 aromatic heterocycles. The monoisotopic (exact) mass is 470 g/mol. The maximum Gasteiger partial charge on any atom is 0.338 e. The van der Waals surface area contributed by atoms with Crippen LogP contribution < -0.4 is 4.31 Å². The van der Waals surface area contributed by atoms with Crippen molar-refractivity contribution in [3.8, 4) is 0 Å². The summed E-state index contributed by atoms with van der Waals surface area (Å²) in [6.07, 6.45) is 1.71. The summed E-state index contributed by atoms with van der Waals surface area (Å²) < 4.78 is 33.5. The largest absolute Gasteiger partial charge is 0.452 e. The number of likely N-dealkylation sites (tertiary alicyclic amines) is 1. The van der Waals surface area contributed by atoms with Crippen LogP contribution in [-0.2, 0) is 26.0 Å². The number of piperidine rings is 1. The average Bonchev–Trinajstić information content (AvgIpc) is 3.13. The maximum atomic E-state index is 13.4. The molecule has 0 bridgehead atoms. The Morgan fingerprint density at radius 2 is 1.70 bits per heavy atom. The molecular weight excluding hydrogens is 440 g/mol. The van der Waals surface area contributed by atoms with Crippen molar-refractivity contribution in [2.24, 2.45) is 11.8 Å². The Labute approximate surface area is 195 Å². The van der Waals surface area contributed by atoms with Crippen molar-refractivity contribution in [2.45, 2.75) is 44.6 Å². The van der Waals surface area contributed by atoms with E-state index in [1.165, 1.54) is 28.6 Å². The maximum absolute atomic E-state index is 13.4. The highest BCUT2D eigenvalue weighted by Crippen LogP contribution is 2.36. The Balaban J connectivity index is 1.47. The van der Waals surface area contributed by atoms with Gasteiger partial charge in [0.2, 0.25) is 0 Å². The average molecular weight is 471 g/mol. The number of benzene rings is 2. The van der Waals surface area contributed by atoms with Crippen molar-refractivity contribution in [3.63, 3.8) is 0 Å². The predicted octanol–water partition coefficient (Wildman–Crippen LogP) is 3.49. The number of rotatable bonds is 5. The fourth-order valence-corrected chi connectivity index (χ4v) is 6.71. The lowest BCUT2D eigenvalue weighted by Crippen LogP contribution is -2.44. The standard InChI is InChI=1S/C25H30N2O5S/c1-17-11-18(2)15-26(14-17)24(28)16-32-25(29)21-8-6-9-22(13-21)33(30,31)27-19(3)12-20-7-4-5-10-23(20)27/h4-10,13,17-19H,11-12,14-16H2,1-3H3/t17-,18+,19-/m1/s1. The lowest BCUT2D eigenvalue weighted by atomic mass is 9.92. The van der Waals surface area contributed by atoms with E-state index in [4.69, 9.17) is 4.74 Å². The molecule has 0 saturated carbocycles. The second-order valence-electron chi connectivity index (χ2n) is 9.33. The van der Waals surface area contributed by atoms with E-state index in [-0.39, 0.29) is 29.0 Å². The first kappa shape index (κ1) is 23.3. The Morgan fingerprint density at radius 1 is 1.00 bits per heavy atom. The minimum atomic E-state index is -3.87. The second kappa shape index (κ2) is 9.17. The molecule has 33 heavy (non-hydrogen) atoms. The smallest absolute Gasteiger partial charge is 0.338 e. The second-order valence-corrected chi connectivity index (χ2v) is 11.1. The van der Waals surface area contributed by atoms with E-state index in [1.54, 1.807) is 11.0 Å². The van der Waals surface area contributed by atoms with Gasteiger partial charge >= 0.3 is 5.97 Å². The number of ether oxygens (including phenoxy) is 1. The zero-order valence-electron chi connectivity index (χ0n) is 19.2. The molecule has 7 nitrogen and oxygen atoms in total. The lowest BCUT2D eigenvalue weighted by Gasteiger charge is -2.34. The summed E-state index contributed by atoms with van der Waals surface area (Å²) in [4.78, 5) is 26.9. The lowest BCUT2D eigenvalue weighted by molar-refractivity contribution is -0.137. The van der Waals surface area contributed by atoms with Gasteiger partial charge in [0, 0.05) is 19.1 Å². The number of fused-ring (bicyclic) bond motifs is 1. The molecule has 0 radical (unpaired) electrons. The third-order valence-electron chi connectivity index (χ3n) is 6.32. The summed E-state index contributed by atoms with van der Waals surface area (Å²) >= 11 is 0. The van der Waals surface area contributed by atoms with Crippen LogP contribution in [0.25, 0.3) is 0 Å². The molecule has 0 spiro atoms. The molecule has 8 heteroatoms. The van der Waals surface area contributed by atoms with Gasteiger partial charge in [-0.1, -0.05) is 38.1 Å². The molecule has 3 atom stereocenters. The predicted molar refractivity (Wildman–Crippen MR) is 126 cm³/mol. The highest BCUT2D eigenvalue weighted by atomic mass is 32.2. The number of anilines is 1. The molecule has 2 aromatic carbocycles. The number of nitrogens with zero attached hydrogens (tertiary/aromatic N) is 2. The van der Waals surface area contributed by atoms with Gasteiger partial charge in [0.05, 0.1) is 16.1 Å². The van der Waals surface area contributed by atoms with Crippen molar-refractivity contribution in [1.82, 2.24) is 4.90 Å². The first-order chi connectivity index (χ1) is 15.7. The van der Waals surface area contributed by atoms with Crippen molar-refractivity contribution >= 4 is 27.6 Å². The van der Waals surface area contributed by atoms with Crippen LogP contribution in [0.1, 0.15) is 43.1 Å². The molecule has 0 unspecified atom stereocenters. The minimum absolute atomic E-state index is 0.0190. The van der Waals surface area contributed by atoms with Crippen molar-refractivity contribution in [2.75, 3.05) is 24.0 Å². The zero-order valence-corrected chi connectivity index (χ0v) is 20.0. The highest BCUT2D eigenvalue weighted by Gasteiger charge is 2.36. The van der Waals surface area contributed by atoms with Crippen LogP contribution >= 0.6 is 0 Å². The molecule has 0 aliphatic carbocycles. The molecule has 0 N–H and O–H groups in total. The topological polar surface area (TPSA) is 84.0 Å². The number of carbonyl (C=O) groups is 2. The number of esters is 1. The SMILES string of the molecule is C[C@@H]1C[C@H](C)CN(C(=O)COC(=O)c2cccc(S(=O)(=O)N3c4ccccc4C[C@H]3C)c2)C1. The van der Waals surface area contributed by atoms with Crippen LogP contribution in [0, 0.1) is 11.8 Å². The van der Waals surface area contributed by atoms with E-state index >= 15 is 0 Å². The molecule has 2 heterocycles. The third-order valence-corrected chi connectivity index (χ3v) is 8.24. The Bertz CT molecular complexity index is 1150. The number of amides is 1. The van der Waals surface area contributed by atoms with Crippen molar-refractivity contribution in [1.29, 1.82) is 0 Å². The highest BCUT2D eigenvalue weighted by molar-refractivity contribution is 7.92. The molecule has 4 rings (SSSR count). The quantitative estimate of drug-likeness (QED) is 0.625. The van der Waals surface area contributed by atoms with Gasteiger partial charge in [-0.25, -0.2) is 13.2 Å². The van der Waals surface area contributed by atoms with E-state index < -0.39 is 16.0 Å². The molecule has 1 saturated heterocycles. The number of carbonyl (C=O) groups excluding carboxylic acids is 2.